The third-order valence-corrected chi connectivity index (χ3v) is 10.0. The molecule has 1 aliphatic heterocycles. The number of carbonyl (C=O) groups is 3. The van der Waals surface area contributed by atoms with E-state index in [4.69, 9.17) is 0 Å². The molecule has 0 radical (unpaired) electrons. The second kappa shape index (κ2) is 9.84. The average molecular weight is 536 g/mol. The van der Waals surface area contributed by atoms with Gasteiger partial charge in [0.2, 0.25) is 5.91 Å². The number of hydrogen-bond donors (Lipinski definition) is 1. The fraction of sp³-hybridized carbons (Fsp3) is 0.433. The number of carboxylic acid groups (broad SMARTS) is 1. The van der Waals surface area contributed by atoms with Crippen LogP contribution in [-0.4, -0.2) is 33.7 Å². The van der Waals surface area contributed by atoms with E-state index < -0.39 is 29.9 Å². The minimum absolute atomic E-state index is 0.0601. The summed E-state index contributed by atoms with van der Waals surface area (Å²) >= 11 is 2.87. The highest BCUT2D eigenvalue weighted by molar-refractivity contribution is 7.12. The first-order valence-electron chi connectivity index (χ1n) is 12.9. The summed E-state index contributed by atoms with van der Waals surface area (Å²) in [6, 6.07) is 11.9. The van der Waals surface area contributed by atoms with E-state index in [0.717, 1.165) is 40.8 Å². The minimum Gasteiger partial charge on any atom is -0.480 e. The molecule has 1 aromatic carbocycles. The first kappa shape index (κ1) is 25.9. The zero-order valence-corrected chi connectivity index (χ0v) is 23.3. The monoisotopic (exact) mass is 535 g/mol. The summed E-state index contributed by atoms with van der Waals surface area (Å²) in [5.41, 5.74) is 2.85. The Morgan fingerprint density at radius 1 is 0.973 bits per heavy atom. The zero-order chi connectivity index (χ0) is 26.5. The molecule has 7 heteroatoms. The van der Waals surface area contributed by atoms with Crippen molar-refractivity contribution in [3.63, 3.8) is 0 Å². The van der Waals surface area contributed by atoms with Gasteiger partial charge in [-0.25, -0.2) is 4.79 Å². The molecule has 1 amide bonds. The van der Waals surface area contributed by atoms with Crippen LogP contribution in [0.15, 0.2) is 53.2 Å². The first-order chi connectivity index (χ1) is 17.6. The van der Waals surface area contributed by atoms with Crippen molar-refractivity contribution in [2.24, 2.45) is 11.8 Å². The van der Waals surface area contributed by atoms with Crippen LogP contribution in [0, 0.1) is 18.8 Å². The molecule has 5 rings (SSSR count). The summed E-state index contributed by atoms with van der Waals surface area (Å²) in [7, 11) is 0. The lowest BCUT2D eigenvalue weighted by atomic mass is 9.77. The van der Waals surface area contributed by atoms with E-state index in [0.29, 0.717) is 4.88 Å². The number of benzene rings is 1. The fourth-order valence-electron chi connectivity index (χ4n) is 5.79. The van der Waals surface area contributed by atoms with E-state index in [9.17, 15) is 19.5 Å². The van der Waals surface area contributed by atoms with Crippen LogP contribution in [0.3, 0.4) is 0 Å². The molecule has 2 fully saturated rings. The van der Waals surface area contributed by atoms with Crippen LogP contribution in [-0.2, 0) is 15.0 Å². The van der Waals surface area contributed by atoms with E-state index in [2.05, 4.69) is 20.8 Å². The molecule has 194 valence electrons. The van der Waals surface area contributed by atoms with Crippen LogP contribution in [0.5, 0.6) is 0 Å². The number of rotatable bonds is 6. The molecule has 2 aromatic heterocycles. The van der Waals surface area contributed by atoms with Gasteiger partial charge in [0, 0.05) is 16.7 Å². The topological polar surface area (TPSA) is 74.7 Å². The van der Waals surface area contributed by atoms with Crippen molar-refractivity contribution in [3.05, 3.63) is 79.7 Å². The molecular weight excluding hydrogens is 502 g/mol. The Balaban J connectivity index is 1.72. The number of carbonyl (C=O) groups excluding carboxylic acids is 2. The molecule has 5 nitrogen and oxygen atoms in total. The number of thiophene rings is 2. The predicted octanol–water partition coefficient (Wildman–Crippen LogP) is 6.84. The maximum absolute atomic E-state index is 14.2. The summed E-state index contributed by atoms with van der Waals surface area (Å²) in [6.07, 6.45) is 2.51. The van der Waals surface area contributed by atoms with Crippen LogP contribution < -0.4 is 0 Å². The number of likely N-dealkylation sites (tertiary alicyclic amines) is 1. The number of nitrogens with zero attached hydrogens (tertiary/aromatic N) is 1. The van der Waals surface area contributed by atoms with Crippen molar-refractivity contribution >= 4 is 40.3 Å². The van der Waals surface area contributed by atoms with Crippen molar-refractivity contribution < 1.29 is 19.5 Å². The molecule has 1 aliphatic carbocycles. The standard InChI is InChI=1S/C30H33NO4S2/c1-17-14-16-37-27(17)24-23(26(32)21-9-6-15-36-21)22(18-10-12-20(13-11-18)30(2,3)4)25(29(34)35)31(24)28(33)19-7-5-8-19/h6,9-16,19,22-25H,5,7-8H2,1-4H3,(H,34,35). The lowest BCUT2D eigenvalue weighted by molar-refractivity contribution is -0.153. The van der Waals surface area contributed by atoms with Gasteiger partial charge in [-0.1, -0.05) is 57.5 Å². The van der Waals surface area contributed by atoms with E-state index in [-0.39, 0.29) is 23.0 Å². The molecule has 3 heterocycles. The molecule has 3 aromatic rings. The quantitative estimate of drug-likeness (QED) is 0.351. The Hall–Kier alpha value is -2.77. The van der Waals surface area contributed by atoms with E-state index in [1.54, 1.807) is 11.0 Å². The Morgan fingerprint density at radius 3 is 2.16 bits per heavy atom. The molecule has 4 unspecified atom stereocenters. The highest BCUT2D eigenvalue weighted by atomic mass is 32.1. The summed E-state index contributed by atoms with van der Waals surface area (Å²) in [4.78, 5) is 44.2. The molecule has 0 bridgehead atoms. The number of aryl methyl sites for hydroxylation is 1. The third kappa shape index (κ3) is 4.57. The predicted molar refractivity (Wildman–Crippen MR) is 147 cm³/mol. The average Bonchev–Trinajstić information content (AvgIpc) is 3.55. The molecule has 2 aliphatic rings. The Morgan fingerprint density at radius 2 is 1.68 bits per heavy atom. The molecular formula is C30H33NO4S2. The van der Waals surface area contributed by atoms with E-state index >= 15 is 0 Å². The molecule has 1 saturated heterocycles. The van der Waals surface area contributed by atoms with Gasteiger partial charge in [0.1, 0.15) is 6.04 Å². The fourth-order valence-corrected chi connectivity index (χ4v) is 7.57. The van der Waals surface area contributed by atoms with Gasteiger partial charge >= 0.3 is 5.97 Å². The molecule has 1 N–H and O–H groups in total. The van der Waals surface area contributed by atoms with Gasteiger partial charge in [0.15, 0.2) is 5.78 Å². The van der Waals surface area contributed by atoms with Crippen molar-refractivity contribution in [1.29, 1.82) is 0 Å². The van der Waals surface area contributed by atoms with Crippen molar-refractivity contribution in [1.82, 2.24) is 4.90 Å². The van der Waals surface area contributed by atoms with Crippen LogP contribution in [0.2, 0.25) is 0 Å². The van der Waals surface area contributed by atoms with Crippen LogP contribution in [0.4, 0.5) is 0 Å². The smallest absolute Gasteiger partial charge is 0.327 e. The first-order valence-corrected chi connectivity index (χ1v) is 14.6. The SMILES string of the molecule is Cc1ccsc1C1C(C(=O)c2cccs2)C(c2ccc(C(C)(C)C)cc2)C(C(=O)O)N1C(=O)C1CCC1. The van der Waals surface area contributed by atoms with E-state index in [1.165, 1.54) is 22.7 Å². The maximum Gasteiger partial charge on any atom is 0.327 e. The molecule has 0 spiro atoms. The largest absolute Gasteiger partial charge is 0.480 e. The zero-order valence-electron chi connectivity index (χ0n) is 21.6. The summed E-state index contributed by atoms with van der Waals surface area (Å²) < 4.78 is 0. The lowest BCUT2D eigenvalue weighted by Crippen LogP contribution is -2.47. The number of hydrogen-bond acceptors (Lipinski definition) is 5. The number of ketones is 1. The third-order valence-electron chi connectivity index (χ3n) is 8.03. The van der Waals surface area contributed by atoms with Crippen molar-refractivity contribution in [2.45, 2.75) is 70.4 Å². The Kier molecular flexibility index (Phi) is 6.88. The van der Waals surface area contributed by atoms with Crippen molar-refractivity contribution in [2.75, 3.05) is 0 Å². The van der Waals surface area contributed by atoms with Gasteiger partial charge in [0.25, 0.3) is 0 Å². The minimum atomic E-state index is -1.12. The van der Waals surface area contributed by atoms with Gasteiger partial charge < -0.3 is 10.0 Å². The van der Waals surface area contributed by atoms with Gasteiger partial charge in [-0.15, -0.1) is 22.7 Å². The van der Waals surface area contributed by atoms with Crippen LogP contribution in [0.1, 0.15) is 83.2 Å². The maximum atomic E-state index is 14.2. The highest BCUT2D eigenvalue weighted by Gasteiger charge is 2.59. The van der Waals surface area contributed by atoms with Gasteiger partial charge in [-0.2, -0.15) is 0 Å². The summed E-state index contributed by atoms with van der Waals surface area (Å²) in [5.74, 6) is -2.80. The lowest BCUT2D eigenvalue weighted by Gasteiger charge is -2.36. The molecule has 37 heavy (non-hydrogen) atoms. The van der Waals surface area contributed by atoms with Gasteiger partial charge in [-0.3, -0.25) is 9.59 Å². The molecule has 4 atom stereocenters. The van der Waals surface area contributed by atoms with E-state index in [1.807, 2.05) is 54.1 Å². The number of Topliss-reactive ketones (excluding diaryl/α,β-unsaturated/α-hetero) is 1. The Labute approximate surface area is 226 Å². The second-order valence-corrected chi connectivity index (χ2v) is 13.2. The molecule has 1 saturated carbocycles. The summed E-state index contributed by atoms with van der Waals surface area (Å²) in [5, 5.41) is 14.5. The number of amides is 1. The number of carboxylic acids is 1. The number of aliphatic carboxylic acids is 1. The van der Waals surface area contributed by atoms with Gasteiger partial charge in [-0.05, 0) is 64.8 Å². The summed E-state index contributed by atoms with van der Waals surface area (Å²) in [6.45, 7) is 8.38. The van der Waals surface area contributed by atoms with Gasteiger partial charge in [0.05, 0.1) is 16.8 Å². The van der Waals surface area contributed by atoms with Crippen LogP contribution in [0.25, 0.3) is 0 Å². The normalized spacial score (nSPS) is 24.2. The van der Waals surface area contributed by atoms with Crippen molar-refractivity contribution in [3.8, 4) is 0 Å². The Bertz CT molecular complexity index is 1300. The van der Waals surface area contributed by atoms with Crippen LogP contribution >= 0.6 is 22.7 Å². The second-order valence-electron chi connectivity index (χ2n) is 11.3. The highest BCUT2D eigenvalue weighted by Crippen LogP contribution is 2.54.